The van der Waals surface area contributed by atoms with E-state index in [9.17, 15) is 9.59 Å². The Labute approximate surface area is 187 Å². The van der Waals surface area contributed by atoms with Crippen molar-refractivity contribution >= 4 is 17.6 Å². The Bertz CT molecular complexity index is 1060. The van der Waals surface area contributed by atoms with Crippen molar-refractivity contribution in [3.63, 3.8) is 0 Å². The lowest BCUT2D eigenvalue weighted by Gasteiger charge is -2.31. The summed E-state index contributed by atoms with van der Waals surface area (Å²) >= 11 is 0. The molecule has 2 fully saturated rings. The summed E-state index contributed by atoms with van der Waals surface area (Å²) in [6, 6.07) is 13.6. The number of anilines is 1. The molecule has 7 heteroatoms. The van der Waals surface area contributed by atoms with Crippen molar-refractivity contribution in [3.05, 3.63) is 66.2 Å². The number of para-hydroxylation sites is 1. The Kier molecular flexibility index (Phi) is 5.79. The van der Waals surface area contributed by atoms with Gasteiger partial charge in [-0.15, -0.1) is 0 Å². The summed E-state index contributed by atoms with van der Waals surface area (Å²) < 4.78 is 6.87. The number of aromatic nitrogens is 2. The highest BCUT2D eigenvalue weighted by Crippen LogP contribution is 2.35. The second-order valence-electron chi connectivity index (χ2n) is 8.75. The minimum atomic E-state index is -0.127. The Morgan fingerprint density at radius 3 is 2.44 bits per heavy atom. The molecule has 2 aliphatic rings. The molecule has 32 heavy (non-hydrogen) atoms. The van der Waals surface area contributed by atoms with E-state index in [0.29, 0.717) is 37.4 Å². The molecule has 0 bridgehead atoms. The molecule has 1 aromatic carbocycles. The molecule has 7 nitrogen and oxygen atoms in total. The van der Waals surface area contributed by atoms with Crippen LogP contribution in [0, 0.1) is 5.92 Å². The van der Waals surface area contributed by atoms with Gasteiger partial charge in [-0.1, -0.05) is 31.0 Å². The summed E-state index contributed by atoms with van der Waals surface area (Å²) in [5.74, 6) is 1.02. The normalized spacial score (nSPS) is 17.6. The fraction of sp³-hybridized carbons (Fsp3) is 0.400. The van der Waals surface area contributed by atoms with Crippen molar-refractivity contribution in [1.29, 1.82) is 0 Å². The van der Waals surface area contributed by atoms with Gasteiger partial charge in [-0.3, -0.25) is 9.59 Å². The summed E-state index contributed by atoms with van der Waals surface area (Å²) in [5.41, 5.74) is 2.55. The Balaban J connectivity index is 1.28. The zero-order valence-corrected chi connectivity index (χ0v) is 18.1. The first kappa shape index (κ1) is 20.5. The quantitative estimate of drug-likeness (QED) is 0.638. The summed E-state index contributed by atoms with van der Waals surface area (Å²) in [6.45, 7) is 1.13. The van der Waals surface area contributed by atoms with Gasteiger partial charge in [-0.05, 0) is 43.9 Å². The largest absolute Gasteiger partial charge is 0.472 e. The number of hydrogen-bond acceptors (Lipinski definition) is 4. The van der Waals surface area contributed by atoms with Crippen LogP contribution >= 0.6 is 0 Å². The van der Waals surface area contributed by atoms with E-state index in [0.717, 1.165) is 30.0 Å². The number of carbonyl (C=O) groups is 2. The van der Waals surface area contributed by atoms with Gasteiger partial charge in [0.25, 0.3) is 5.91 Å². The summed E-state index contributed by atoms with van der Waals surface area (Å²) in [5, 5.41) is 8.00. The van der Waals surface area contributed by atoms with E-state index >= 15 is 0 Å². The van der Waals surface area contributed by atoms with Crippen molar-refractivity contribution in [3.8, 4) is 5.69 Å². The molecule has 5 rings (SSSR count). The molecule has 0 radical (unpaired) electrons. The maximum absolute atomic E-state index is 13.1. The van der Waals surface area contributed by atoms with Crippen LogP contribution in [0.2, 0.25) is 0 Å². The fourth-order valence-corrected chi connectivity index (χ4v) is 4.82. The second kappa shape index (κ2) is 9.02. The third kappa shape index (κ3) is 4.20. The van der Waals surface area contributed by atoms with E-state index in [1.165, 1.54) is 25.4 Å². The van der Waals surface area contributed by atoms with E-state index in [-0.39, 0.29) is 17.7 Å². The number of likely N-dealkylation sites (tertiary alicyclic amines) is 1. The molecule has 0 unspecified atom stereocenters. The number of nitrogens with zero attached hydrogens (tertiary/aromatic N) is 3. The van der Waals surface area contributed by atoms with Gasteiger partial charge in [0.15, 0.2) is 0 Å². The molecule has 3 aromatic rings. The molecule has 1 aliphatic carbocycles. The summed E-state index contributed by atoms with van der Waals surface area (Å²) in [6.07, 6.45) is 9.04. The summed E-state index contributed by atoms with van der Waals surface area (Å²) in [4.78, 5) is 27.4. The highest BCUT2D eigenvalue weighted by molar-refractivity contribution is 5.95. The molecule has 0 atom stereocenters. The fourth-order valence-electron chi connectivity index (χ4n) is 4.82. The average Bonchev–Trinajstić information content (AvgIpc) is 3.61. The van der Waals surface area contributed by atoms with Crippen molar-refractivity contribution in [2.45, 2.75) is 44.4 Å². The number of amides is 2. The van der Waals surface area contributed by atoms with Crippen LogP contribution in [0.5, 0.6) is 0 Å². The maximum atomic E-state index is 13.1. The number of rotatable bonds is 5. The van der Waals surface area contributed by atoms with Crippen LogP contribution in [0.15, 0.2) is 59.4 Å². The third-order valence-electron chi connectivity index (χ3n) is 6.67. The van der Waals surface area contributed by atoms with Gasteiger partial charge in [-0.2, -0.15) is 5.10 Å². The Morgan fingerprint density at radius 1 is 1.00 bits per heavy atom. The number of nitrogens with one attached hydrogen (secondary N) is 1. The van der Waals surface area contributed by atoms with Crippen LogP contribution < -0.4 is 5.32 Å². The lowest BCUT2D eigenvalue weighted by molar-refractivity contribution is -0.121. The first-order valence-electron chi connectivity index (χ1n) is 11.5. The SMILES string of the molecule is O=C(Nc1cc(C2CCCC2)nn1-c1ccccc1)C1CCN(C(=O)c2ccoc2)CC1. The minimum absolute atomic E-state index is 0.00420. The van der Waals surface area contributed by atoms with Crippen molar-refractivity contribution < 1.29 is 14.0 Å². The molecule has 1 saturated heterocycles. The van der Waals surface area contributed by atoms with Crippen molar-refractivity contribution in [2.24, 2.45) is 5.92 Å². The van der Waals surface area contributed by atoms with Gasteiger partial charge in [-0.25, -0.2) is 4.68 Å². The molecule has 1 aliphatic heterocycles. The lowest BCUT2D eigenvalue weighted by Crippen LogP contribution is -2.41. The van der Waals surface area contributed by atoms with Crippen LogP contribution in [-0.2, 0) is 4.79 Å². The minimum Gasteiger partial charge on any atom is -0.472 e. The van der Waals surface area contributed by atoms with E-state index < -0.39 is 0 Å². The topological polar surface area (TPSA) is 80.4 Å². The lowest BCUT2D eigenvalue weighted by atomic mass is 9.95. The average molecular weight is 433 g/mol. The number of piperidine rings is 1. The van der Waals surface area contributed by atoms with Crippen LogP contribution in [0.1, 0.15) is 60.5 Å². The zero-order chi connectivity index (χ0) is 21.9. The first-order chi connectivity index (χ1) is 15.7. The molecule has 3 heterocycles. The van der Waals surface area contributed by atoms with Gasteiger partial charge in [0.1, 0.15) is 12.1 Å². The molecule has 0 spiro atoms. The molecular formula is C25H28N4O3. The number of hydrogen-bond donors (Lipinski definition) is 1. The molecule has 2 amide bonds. The van der Waals surface area contributed by atoms with Crippen molar-refractivity contribution in [2.75, 3.05) is 18.4 Å². The Hall–Kier alpha value is -3.35. The van der Waals surface area contributed by atoms with E-state index in [1.807, 2.05) is 41.1 Å². The smallest absolute Gasteiger partial charge is 0.257 e. The molecule has 1 saturated carbocycles. The molecule has 166 valence electrons. The van der Waals surface area contributed by atoms with Crippen molar-refractivity contribution in [1.82, 2.24) is 14.7 Å². The number of carbonyl (C=O) groups excluding carboxylic acids is 2. The third-order valence-corrected chi connectivity index (χ3v) is 6.67. The van der Waals surface area contributed by atoms with Gasteiger partial charge < -0.3 is 14.6 Å². The predicted molar refractivity (Wildman–Crippen MR) is 121 cm³/mol. The van der Waals surface area contributed by atoms with Gasteiger partial charge >= 0.3 is 0 Å². The highest BCUT2D eigenvalue weighted by atomic mass is 16.3. The van der Waals surface area contributed by atoms with E-state index in [2.05, 4.69) is 5.32 Å². The number of benzene rings is 1. The van der Waals surface area contributed by atoms with Gasteiger partial charge in [0.2, 0.25) is 5.91 Å². The summed E-state index contributed by atoms with van der Waals surface area (Å²) in [7, 11) is 0. The zero-order valence-electron chi connectivity index (χ0n) is 18.1. The molecule has 2 aromatic heterocycles. The van der Waals surface area contributed by atoms with Crippen LogP contribution in [0.3, 0.4) is 0 Å². The van der Waals surface area contributed by atoms with E-state index in [4.69, 9.17) is 9.52 Å². The van der Waals surface area contributed by atoms with Crippen LogP contribution in [-0.4, -0.2) is 39.6 Å². The molecule has 1 N–H and O–H groups in total. The predicted octanol–water partition coefficient (Wildman–Crippen LogP) is 4.61. The van der Waals surface area contributed by atoms with Gasteiger partial charge in [0.05, 0.1) is 23.2 Å². The Morgan fingerprint density at radius 2 is 1.75 bits per heavy atom. The van der Waals surface area contributed by atoms with Crippen LogP contribution in [0.25, 0.3) is 5.69 Å². The van der Waals surface area contributed by atoms with Gasteiger partial charge in [0, 0.05) is 31.0 Å². The standard InChI is InChI=1S/C25H28N4O3/c30-24(19-10-13-28(14-11-19)25(31)20-12-15-32-17-20)26-23-16-22(18-6-4-5-7-18)27-29(23)21-8-2-1-3-9-21/h1-3,8-9,12,15-19H,4-7,10-11,13-14H2,(H,26,30). The second-order valence-corrected chi connectivity index (χ2v) is 8.75. The van der Waals surface area contributed by atoms with Crippen LogP contribution in [0.4, 0.5) is 5.82 Å². The maximum Gasteiger partial charge on any atom is 0.257 e. The highest BCUT2D eigenvalue weighted by Gasteiger charge is 2.29. The first-order valence-corrected chi connectivity index (χ1v) is 11.5. The monoisotopic (exact) mass is 432 g/mol. The molecular weight excluding hydrogens is 404 g/mol. The number of furan rings is 1. The van der Waals surface area contributed by atoms with E-state index in [1.54, 1.807) is 11.0 Å².